The molecular weight excluding hydrogens is 221 g/mol. The molecule has 1 heterocycles. The summed E-state index contributed by atoms with van der Waals surface area (Å²) < 4.78 is 13.8. The van der Waals surface area contributed by atoms with E-state index in [1.807, 2.05) is 12.3 Å². The van der Waals surface area contributed by atoms with Gasteiger partial charge in [-0.15, -0.1) is 11.8 Å². The maximum atomic E-state index is 13.8. The Bertz CT molecular complexity index is 348. The van der Waals surface area contributed by atoms with Gasteiger partial charge in [0.05, 0.1) is 0 Å². The summed E-state index contributed by atoms with van der Waals surface area (Å²) in [5.41, 5.74) is 0.906. The van der Waals surface area contributed by atoms with Crippen LogP contribution in [0.3, 0.4) is 0 Å². The Balaban J connectivity index is 2.12. The standard InChI is InChI=1S/C13H18FNS/c1-16-13-6-2-5-12(14)11(13)8-10-4-3-7-15-9-10/h2,5-6,10,15H,3-4,7-9H2,1H3. The Morgan fingerprint density at radius 3 is 3.06 bits per heavy atom. The summed E-state index contributed by atoms with van der Waals surface area (Å²) in [6.07, 6.45) is 5.32. The fourth-order valence-corrected chi connectivity index (χ4v) is 2.96. The van der Waals surface area contributed by atoms with Crippen LogP contribution in [0.4, 0.5) is 4.39 Å². The highest BCUT2D eigenvalue weighted by molar-refractivity contribution is 7.98. The van der Waals surface area contributed by atoms with Crippen molar-refractivity contribution in [1.29, 1.82) is 0 Å². The van der Waals surface area contributed by atoms with Crippen molar-refractivity contribution in [2.75, 3.05) is 19.3 Å². The summed E-state index contributed by atoms with van der Waals surface area (Å²) in [6.45, 7) is 2.14. The molecule has 0 aliphatic carbocycles. The third-order valence-corrected chi connectivity index (χ3v) is 4.01. The minimum atomic E-state index is -0.0441. The molecule has 1 aliphatic rings. The molecule has 0 saturated carbocycles. The Morgan fingerprint density at radius 2 is 2.38 bits per heavy atom. The highest BCUT2D eigenvalue weighted by Crippen LogP contribution is 2.27. The van der Waals surface area contributed by atoms with Crippen molar-refractivity contribution in [3.63, 3.8) is 0 Å². The number of halogens is 1. The lowest BCUT2D eigenvalue weighted by Crippen LogP contribution is -2.31. The van der Waals surface area contributed by atoms with Crippen LogP contribution in [0.2, 0.25) is 0 Å². The molecular formula is C13H18FNS. The number of nitrogens with one attached hydrogen (secondary N) is 1. The molecule has 2 rings (SSSR count). The lowest BCUT2D eigenvalue weighted by Gasteiger charge is -2.23. The molecule has 0 radical (unpaired) electrons. The van der Waals surface area contributed by atoms with E-state index in [-0.39, 0.29) is 5.82 Å². The number of piperidine rings is 1. The van der Waals surface area contributed by atoms with Gasteiger partial charge in [-0.3, -0.25) is 0 Å². The van der Waals surface area contributed by atoms with E-state index in [9.17, 15) is 4.39 Å². The number of hydrogen-bond acceptors (Lipinski definition) is 2. The first-order chi connectivity index (χ1) is 7.81. The summed E-state index contributed by atoms with van der Waals surface area (Å²) in [4.78, 5) is 1.09. The first-order valence-corrected chi connectivity index (χ1v) is 7.06. The van der Waals surface area contributed by atoms with Gasteiger partial charge in [0.25, 0.3) is 0 Å². The number of benzene rings is 1. The second kappa shape index (κ2) is 5.69. The molecule has 1 N–H and O–H groups in total. The van der Waals surface area contributed by atoms with E-state index in [0.717, 1.165) is 30.0 Å². The molecule has 1 atom stereocenters. The first kappa shape index (κ1) is 11.9. The Kier molecular flexibility index (Phi) is 4.24. The third kappa shape index (κ3) is 2.77. The van der Waals surface area contributed by atoms with Crippen molar-refractivity contribution < 1.29 is 4.39 Å². The molecule has 0 spiro atoms. The third-order valence-electron chi connectivity index (χ3n) is 3.19. The van der Waals surface area contributed by atoms with E-state index in [1.165, 1.54) is 12.8 Å². The van der Waals surface area contributed by atoms with Gasteiger partial charge in [-0.05, 0) is 56.7 Å². The highest BCUT2D eigenvalue weighted by atomic mass is 32.2. The smallest absolute Gasteiger partial charge is 0.127 e. The fourth-order valence-electron chi connectivity index (χ4n) is 2.32. The number of rotatable bonds is 3. The number of thioether (sulfide) groups is 1. The number of hydrogen-bond donors (Lipinski definition) is 1. The van der Waals surface area contributed by atoms with Gasteiger partial charge >= 0.3 is 0 Å². The minimum Gasteiger partial charge on any atom is -0.316 e. The van der Waals surface area contributed by atoms with Gasteiger partial charge in [-0.25, -0.2) is 4.39 Å². The van der Waals surface area contributed by atoms with Crippen molar-refractivity contribution in [1.82, 2.24) is 5.32 Å². The summed E-state index contributed by atoms with van der Waals surface area (Å²) in [5.74, 6) is 0.550. The maximum Gasteiger partial charge on any atom is 0.127 e. The molecule has 1 aromatic carbocycles. The van der Waals surface area contributed by atoms with Gasteiger partial charge in [-0.2, -0.15) is 0 Å². The van der Waals surface area contributed by atoms with Crippen LogP contribution in [0.1, 0.15) is 18.4 Å². The van der Waals surface area contributed by atoms with Gasteiger partial charge in [0.2, 0.25) is 0 Å². The molecule has 0 bridgehead atoms. The summed E-state index contributed by atoms with van der Waals surface area (Å²) in [6, 6.07) is 5.38. The summed E-state index contributed by atoms with van der Waals surface area (Å²) >= 11 is 1.64. The monoisotopic (exact) mass is 239 g/mol. The SMILES string of the molecule is CSc1cccc(F)c1CC1CCCNC1. The van der Waals surface area contributed by atoms with Gasteiger partial charge in [0, 0.05) is 10.5 Å². The van der Waals surface area contributed by atoms with E-state index in [2.05, 4.69) is 5.32 Å². The zero-order chi connectivity index (χ0) is 11.4. The Morgan fingerprint density at radius 1 is 1.50 bits per heavy atom. The van der Waals surface area contributed by atoms with Gasteiger partial charge in [-0.1, -0.05) is 6.07 Å². The maximum absolute atomic E-state index is 13.8. The van der Waals surface area contributed by atoms with Gasteiger partial charge in [0.1, 0.15) is 5.82 Å². The molecule has 1 saturated heterocycles. The molecule has 3 heteroatoms. The predicted octanol–water partition coefficient (Wildman–Crippen LogP) is 3.09. The lowest BCUT2D eigenvalue weighted by atomic mass is 9.92. The zero-order valence-corrected chi connectivity index (χ0v) is 10.4. The van der Waals surface area contributed by atoms with Crippen molar-refractivity contribution in [2.45, 2.75) is 24.2 Å². The van der Waals surface area contributed by atoms with Crippen LogP contribution >= 0.6 is 11.8 Å². The molecule has 88 valence electrons. The molecule has 0 amide bonds. The van der Waals surface area contributed by atoms with E-state index in [4.69, 9.17) is 0 Å². The normalized spacial score (nSPS) is 21.0. The van der Waals surface area contributed by atoms with Crippen molar-refractivity contribution in [2.24, 2.45) is 5.92 Å². The van der Waals surface area contributed by atoms with E-state index in [1.54, 1.807) is 23.9 Å². The van der Waals surface area contributed by atoms with Crippen LogP contribution in [-0.2, 0) is 6.42 Å². The molecule has 1 nitrogen and oxygen atoms in total. The van der Waals surface area contributed by atoms with Gasteiger partial charge in [0.15, 0.2) is 0 Å². The predicted molar refractivity (Wildman–Crippen MR) is 67.5 cm³/mol. The first-order valence-electron chi connectivity index (χ1n) is 5.83. The summed E-state index contributed by atoms with van der Waals surface area (Å²) in [7, 11) is 0. The van der Waals surface area contributed by atoms with Crippen LogP contribution in [0, 0.1) is 11.7 Å². The molecule has 1 aromatic rings. The average Bonchev–Trinajstić information content (AvgIpc) is 2.33. The second-order valence-corrected chi connectivity index (χ2v) is 5.19. The Labute approximate surface area is 101 Å². The van der Waals surface area contributed by atoms with E-state index in [0.29, 0.717) is 5.92 Å². The largest absolute Gasteiger partial charge is 0.316 e. The van der Waals surface area contributed by atoms with Crippen LogP contribution in [0.5, 0.6) is 0 Å². The van der Waals surface area contributed by atoms with Crippen LogP contribution in [-0.4, -0.2) is 19.3 Å². The fraction of sp³-hybridized carbons (Fsp3) is 0.538. The second-order valence-electron chi connectivity index (χ2n) is 4.34. The van der Waals surface area contributed by atoms with Crippen LogP contribution in [0.25, 0.3) is 0 Å². The molecule has 16 heavy (non-hydrogen) atoms. The van der Waals surface area contributed by atoms with Crippen LogP contribution < -0.4 is 5.32 Å². The van der Waals surface area contributed by atoms with Crippen molar-refractivity contribution in [3.8, 4) is 0 Å². The quantitative estimate of drug-likeness (QED) is 0.814. The Hall–Kier alpha value is -0.540. The highest BCUT2D eigenvalue weighted by Gasteiger charge is 2.17. The molecule has 1 aliphatic heterocycles. The lowest BCUT2D eigenvalue weighted by molar-refractivity contribution is 0.370. The topological polar surface area (TPSA) is 12.0 Å². The minimum absolute atomic E-state index is 0.0441. The van der Waals surface area contributed by atoms with Crippen molar-refractivity contribution in [3.05, 3.63) is 29.6 Å². The van der Waals surface area contributed by atoms with Crippen molar-refractivity contribution >= 4 is 11.8 Å². The zero-order valence-electron chi connectivity index (χ0n) is 9.63. The molecule has 1 unspecified atom stereocenters. The average molecular weight is 239 g/mol. The molecule has 1 fully saturated rings. The summed E-state index contributed by atoms with van der Waals surface area (Å²) in [5, 5.41) is 3.38. The van der Waals surface area contributed by atoms with Gasteiger partial charge < -0.3 is 5.32 Å². The van der Waals surface area contributed by atoms with E-state index < -0.39 is 0 Å². The van der Waals surface area contributed by atoms with E-state index >= 15 is 0 Å². The molecule has 0 aromatic heterocycles. The van der Waals surface area contributed by atoms with Crippen LogP contribution in [0.15, 0.2) is 23.1 Å².